The maximum absolute atomic E-state index is 10.5. The smallest absolute Gasteiger partial charge is 0.0718 e. The highest BCUT2D eigenvalue weighted by molar-refractivity contribution is 5.12. The summed E-state index contributed by atoms with van der Waals surface area (Å²) in [5.74, 6) is 1.77. The first-order valence-electron chi connectivity index (χ1n) is 5.36. The van der Waals surface area contributed by atoms with Crippen LogP contribution in [0.25, 0.3) is 0 Å². The fraction of sp³-hybridized carbons (Fsp3) is 1.00. The highest BCUT2D eigenvalue weighted by atomic mass is 16.3. The largest absolute Gasteiger partial charge is 0.389 e. The van der Waals surface area contributed by atoms with Gasteiger partial charge in [0.2, 0.25) is 0 Å². The quantitative estimate of drug-likeness (QED) is 0.543. The van der Waals surface area contributed by atoms with Gasteiger partial charge in [-0.3, -0.25) is 0 Å². The molecule has 0 aromatic heterocycles. The zero-order chi connectivity index (χ0) is 9.05. The van der Waals surface area contributed by atoms with E-state index in [1.54, 1.807) is 0 Å². The first kappa shape index (κ1) is 8.21. The van der Waals surface area contributed by atoms with Gasteiger partial charge in [0.1, 0.15) is 0 Å². The highest BCUT2D eigenvalue weighted by Gasteiger charge is 2.57. The third-order valence-electron chi connectivity index (χ3n) is 4.42. The third kappa shape index (κ3) is 0.953. The topological polar surface area (TPSA) is 44.3 Å². The van der Waals surface area contributed by atoms with Crippen molar-refractivity contribution in [3.8, 4) is 0 Å². The number of hydrogen-bond donors (Lipinski definition) is 3. The van der Waals surface area contributed by atoms with Gasteiger partial charge in [0.05, 0.1) is 5.60 Å². The van der Waals surface area contributed by atoms with Crippen LogP contribution >= 0.6 is 0 Å². The molecule has 4 atom stereocenters. The minimum Gasteiger partial charge on any atom is -0.389 e. The maximum atomic E-state index is 10.5. The Morgan fingerprint density at radius 3 is 2.46 bits per heavy atom. The van der Waals surface area contributed by atoms with Crippen LogP contribution in [0.3, 0.4) is 0 Å². The molecule has 74 valence electrons. The first-order valence-corrected chi connectivity index (χ1v) is 5.36. The Balaban J connectivity index is 1.75. The molecule has 4 aliphatic rings. The van der Waals surface area contributed by atoms with Crippen molar-refractivity contribution >= 4 is 0 Å². The van der Waals surface area contributed by atoms with Gasteiger partial charge in [-0.1, -0.05) is 0 Å². The van der Waals surface area contributed by atoms with Crippen LogP contribution in [0.2, 0.25) is 0 Å². The standard InChI is InChI=1S/C10H18N2O/c1-10(13,7-4-11-5-7)9-6-2-8(9)12-3-6/h6-9,11-13H,2-5H2,1H3. The van der Waals surface area contributed by atoms with Crippen LogP contribution in [0.1, 0.15) is 13.3 Å². The lowest BCUT2D eigenvalue weighted by molar-refractivity contribution is -0.113. The van der Waals surface area contributed by atoms with Crippen LogP contribution in [0.15, 0.2) is 0 Å². The molecule has 3 aliphatic heterocycles. The van der Waals surface area contributed by atoms with E-state index in [9.17, 15) is 5.11 Å². The summed E-state index contributed by atoms with van der Waals surface area (Å²) in [4.78, 5) is 0. The fourth-order valence-electron chi connectivity index (χ4n) is 3.33. The van der Waals surface area contributed by atoms with Crippen LogP contribution < -0.4 is 10.6 Å². The van der Waals surface area contributed by atoms with E-state index in [-0.39, 0.29) is 0 Å². The van der Waals surface area contributed by atoms with Crippen LogP contribution in [-0.4, -0.2) is 36.4 Å². The molecule has 0 spiro atoms. The third-order valence-corrected chi connectivity index (χ3v) is 4.42. The van der Waals surface area contributed by atoms with E-state index >= 15 is 0 Å². The van der Waals surface area contributed by atoms with Crippen molar-refractivity contribution in [3.63, 3.8) is 0 Å². The lowest BCUT2D eigenvalue weighted by Crippen LogP contribution is -2.63. The predicted molar refractivity (Wildman–Crippen MR) is 50.4 cm³/mol. The molecule has 0 aromatic rings. The lowest BCUT2D eigenvalue weighted by Gasteiger charge is -2.51. The normalized spacial score (nSPS) is 48.0. The molecule has 3 heterocycles. The number of aliphatic hydroxyl groups is 1. The highest BCUT2D eigenvalue weighted by Crippen LogP contribution is 2.49. The molecule has 4 rings (SSSR count). The molecular weight excluding hydrogens is 164 g/mol. The first-order chi connectivity index (χ1) is 6.19. The Hall–Kier alpha value is -0.120. The van der Waals surface area contributed by atoms with Crippen molar-refractivity contribution in [3.05, 3.63) is 0 Å². The average Bonchev–Trinajstić information content (AvgIpc) is 2.33. The summed E-state index contributed by atoms with van der Waals surface area (Å²) < 4.78 is 0. The number of hydrogen-bond acceptors (Lipinski definition) is 3. The summed E-state index contributed by atoms with van der Waals surface area (Å²) in [6.07, 6.45) is 1.29. The van der Waals surface area contributed by atoms with E-state index in [1.807, 2.05) is 6.92 Å². The number of rotatable bonds is 2. The van der Waals surface area contributed by atoms with Crippen molar-refractivity contribution in [1.29, 1.82) is 0 Å². The molecular formula is C10H18N2O. The Morgan fingerprint density at radius 2 is 2.08 bits per heavy atom. The summed E-state index contributed by atoms with van der Waals surface area (Å²) in [7, 11) is 0. The van der Waals surface area contributed by atoms with Crippen molar-refractivity contribution in [2.75, 3.05) is 19.6 Å². The molecule has 0 radical (unpaired) electrons. The zero-order valence-electron chi connectivity index (χ0n) is 8.09. The van der Waals surface area contributed by atoms with Gasteiger partial charge in [-0.15, -0.1) is 0 Å². The summed E-state index contributed by atoms with van der Waals surface area (Å²) in [6, 6.07) is 0.612. The molecule has 1 saturated carbocycles. The van der Waals surface area contributed by atoms with Crippen LogP contribution in [-0.2, 0) is 0 Å². The molecule has 3 N–H and O–H groups in total. The minimum atomic E-state index is -0.428. The van der Waals surface area contributed by atoms with Crippen LogP contribution in [0.4, 0.5) is 0 Å². The second kappa shape index (κ2) is 2.47. The van der Waals surface area contributed by atoms with Crippen molar-refractivity contribution in [2.45, 2.75) is 25.0 Å². The van der Waals surface area contributed by atoms with E-state index in [0.29, 0.717) is 17.9 Å². The van der Waals surface area contributed by atoms with Crippen molar-refractivity contribution < 1.29 is 5.11 Å². The average molecular weight is 182 g/mol. The molecule has 2 bridgehead atoms. The Morgan fingerprint density at radius 1 is 1.31 bits per heavy atom. The number of nitrogens with one attached hydrogen (secondary N) is 2. The summed E-state index contributed by atoms with van der Waals surface area (Å²) in [6.45, 7) is 5.17. The van der Waals surface area contributed by atoms with Gasteiger partial charge < -0.3 is 15.7 Å². The Bertz CT molecular complexity index is 211. The second-order valence-corrected chi connectivity index (χ2v) is 5.12. The Labute approximate surface area is 78.9 Å². The summed E-state index contributed by atoms with van der Waals surface area (Å²) in [5.41, 5.74) is -0.428. The van der Waals surface area contributed by atoms with Gasteiger partial charge in [-0.05, 0) is 25.8 Å². The molecule has 0 aromatic carbocycles. The zero-order valence-corrected chi connectivity index (χ0v) is 8.09. The molecule has 1 aliphatic carbocycles. The summed E-state index contributed by atoms with van der Waals surface area (Å²) in [5, 5.41) is 17.2. The fourth-order valence-corrected chi connectivity index (χ4v) is 3.33. The predicted octanol–water partition coefficient (Wildman–Crippen LogP) is -0.435. The van der Waals surface area contributed by atoms with Gasteiger partial charge in [0.15, 0.2) is 0 Å². The molecule has 4 fully saturated rings. The second-order valence-electron chi connectivity index (χ2n) is 5.12. The van der Waals surface area contributed by atoms with E-state index in [2.05, 4.69) is 10.6 Å². The molecule has 0 amide bonds. The van der Waals surface area contributed by atoms with Crippen LogP contribution in [0, 0.1) is 17.8 Å². The summed E-state index contributed by atoms with van der Waals surface area (Å²) >= 11 is 0. The molecule has 3 nitrogen and oxygen atoms in total. The van der Waals surface area contributed by atoms with Gasteiger partial charge in [-0.2, -0.15) is 0 Å². The monoisotopic (exact) mass is 182 g/mol. The minimum absolute atomic E-state index is 0.428. The van der Waals surface area contributed by atoms with Gasteiger partial charge in [0.25, 0.3) is 0 Å². The SMILES string of the molecule is CC(O)(C1CNC1)C1C2CNC1C2. The van der Waals surface area contributed by atoms with Crippen molar-refractivity contribution in [2.24, 2.45) is 17.8 Å². The van der Waals surface area contributed by atoms with E-state index in [4.69, 9.17) is 0 Å². The molecule has 13 heavy (non-hydrogen) atoms. The maximum Gasteiger partial charge on any atom is 0.0718 e. The van der Waals surface area contributed by atoms with E-state index < -0.39 is 5.60 Å². The number of fused-ring (bicyclic) bond motifs is 1. The van der Waals surface area contributed by atoms with Crippen molar-refractivity contribution in [1.82, 2.24) is 10.6 Å². The van der Waals surface area contributed by atoms with Crippen LogP contribution in [0.5, 0.6) is 0 Å². The lowest BCUT2D eigenvalue weighted by atomic mass is 9.60. The Kier molecular flexibility index (Phi) is 1.56. The van der Waals surface area contributed by atoms with Gasteiger partial charge in [0, 0.05) is 31.0 Å². The van der Waals surface area contributed by atoms with Gasteiger partial charge in [-0.25, -0.2) is 0 Å². The molecule has 3 saturated heterocycles. The van der Waals surface area contributed by atoms with E-state index in [1.165, 1.54) is 6.42 Å². The molecule has 4 unspecified atom stereocenters. The van der Waals surface area contributed by atoms with E-state index in [0.717, 1.165) is 25.6 Å². The van der Waals surface area contributed by atoms with Gasteiger partial charge >= 0.3 is 0 Å². The molecule has 3 heteroatoms.